The fourth-order valence-electron chi connectivity index (χ4n) is 5.81. The minimum absolute atomic E-state index is 0.132. The molecule has 0 aliphatic carbocycles. The maximum Gasteiger partial charge on any atom is 0.319 e. The van der Waals surface area contributed by atoms with Gasteiger partial charge >= 0.3 is 6.03 Å². The molecule has 2 amide bonds. The highest BCUT2D eigenvalue weighted by molar-refractivity contribution is 5.94. The number of anilines is 1. The number of nitrogens with one attached hydrogen (secondary N) is 2. The smallest absolute Gasteiger partial charge is 0.319 e. The fraction of sp³-hybridized carbons (Fsp3) is 0.406. The standard InChI is InChI=1S/C32H40N4O2/c37-31(34-30-15-8-7-14-29(30)26-10-3-1-4-11-26)33-28-16-22-35(23-17-28)20-9-21-36-24-18-32(38,19-25-36)27-12-5-2-6-13-27/h1-8,10-15,28,38H,9,16-25H2,(H2,33,34,37). The number of hydrogen-bond acceptors (Lipinski definition) is 4. The van der Waals surface area contributed by atoms with Gasteiger partial charge in [-0.25, -0.2) is 4.79 Å². The zero-order valence-corrected chi connectivity index (χ0v) is 22.2. The van der Waals surface area contributed by atoms with Gasteiger partial charge in [-0.3, -0.25) is 0 Å². The lowest BCUT2D eigenvalue weighted by atomic mass is 9.84. The predicted molar refractivity (Wildman–Crippen MR) is 154 cm³/mol. The van der Waals surface area contributed by atoms with Crippen LogP contribution in [-0.4, -0.2) is 66.2 Å². The minimum Gasteiger partial charge on any atom is -0.385 e. The summed E-state index contributed by atoms with van der Waals surface area (Å²) >= 11 is 0. The quantitative estimate of drug-likeness (QED) is 0.383. The second-order valence-corrected chi connectivity index (χ2v) is 10.7. The van der Waals surface area contributed by atoms with Gasteiger partial charge in [-0.2, -0.15) is 0 Å². The summed E-state index contributed by atoms with van der Waals surface area (Å²) in [6.07, 6.45) is 4.68. The van der Waals surface area contributed by atoms with Crippen LogP contribution >= 0.6 is 0 Å². The summed E-state index contributed by atoms with van der Waals surface area (Å²) in [6, 6.07) is 28.3. The molecule has 2 aliphatic heterocycles. The maximum absolute atomic E-state index is 12.8. The molecule has 3 N–H and O–H groups in total. The van der Waals surface area contributed by atoms with Crippen LogP contribution in [0, 0.1) is 0 Å². The van der Waals surface area contributed by atoms with Crippen molar-refractivity contribution in [2.45, 2.75) is 43.7 Å². The van der Waals surface area contributed by atoms with Crippen molar-refractivity contribution in [1.29, 1.82) is 0 Å². The topological polar surface area (TPSA) is 67.8 Å². The number of rotatable bonds is 8. The summed E-state index contributed by atoms with van der Waals surface area (Å²) in [5.41, 5.74) is 3.31. The van der Waals surface area contributed by atoms with Crippen molar-refractivity contribution in [2.75, 3.05) is 44.6 Å². The highest BCUT2D eigenvalue weighted by Crippen LogP contribution is 2.32. The van der Waals surface area contributed by atoms with E-state index in [1.807, 2.05) is 72.8 Å². The minimum atomic E-state index is -0.678. The molecule has 2 fully saturated rings. The monoisotopic (exact) mass is 512 g/mol. The first-order valence-electron chi connectivity index (χ1n) is 14.0. The summed E-state index contributed by atoms with van der Waals surface area (Å²) in [7, 11) is 0. The summed E-state index contributed by atoms with van der Waals surface area (Å²) in [5.74, 6) is 0. The van der Waals surface area contributed by atoms with Crippen LogP contribution in [-0.2, 0) is 5.60 Å². The van der Waals surface area contributed by atoms with Gasteiger partial charge in [0.1, 0.15) is 0 Å². The van der Waals surface area contributed by atoms with Crippen molar-refractivity contribution in [3.63, 3.8) is 0 Å². The van der Waals surface area contributed by atoms with Crippen LogP contribution in [0.15, 0.2) is 84.9 Å². The van der Waals surface area contributed by atoms with Gasteiger partial charge in [-0.05, 0) is 62.4 Å². The first kappa shape index (κ1) is 26.4. The van der Waals surface area contributed by atoms with Gasteiger partial charge in [-0.1, -0.05) is 78.9 Å². The highest BCUT2D eigenvalue weighted by atomic mass is 16.3. The van der Waals surface area contributed by atoms with Crippen molar-refractivity contribution in [2.24, 2.45) is 0 Å². The molecule has 5 rings (SSSR count). The van der Waals surface area contributed by atoms with E-state index in [4.69, 9.17) is 0 Å². The number of piperidine rings is 2. The van der Waals surface area contributed by atoms with Crippen molar-refractivity contribution >= 4 is 11.7 Å². The number of aliphatic hydroxyl groups is 1. The Morgan fingerprint density at radius 2 is 1.37 bits per heavy atom. The second-order valence-electron chi connectivity index (χ2n) is 10.7. The Balaban J connectivity index is 1.00. The second kappa shape index (κ2) is 12.6. The molecule has 6 heteroatoms. The largest absolute Gasteiger partial charge is 0.385 e. The number of nitrogens with zero attached hydrogens (tertiary/aromatic N) is 2. The van der Waals surface area contributed by atoms with E-state index in [2.05, 4.69) is 32.6 Å². The fourth-order valence-corrected chi connectivity index (χ4v) is 5.81. The van der Waals surface area contributed by atoms with Crippen molar-refractivity contribution in [1.82, 2.24) is 15.1 Å². The Labute approximate surface area is 226 Å². The van der Waals surface area contributed by atoms with Gasteiger partial charge in [-0.15, -0.1) is 0 Å². The molecule has 0 radical (unpaired) electrons. The van der Waals surface area contributed by atoms with Crippen LogP contribution < -0.4 is 10.6 Å². The molecule has 0 aromatic heterocycles. The number of urea groups is 1. The molecule has 3 aromatic carbocycles. The predicted octanol–water partition coefficient (Wildman–Crippen LogP) is 5.31. The van der Waals surface area contributed by atoms with Crippen LogP contribution in [0.1, 0.15) is 37.7 Å². The van der Waals surface area contributed by atoms with Crippen LogP contribution in [0.3, 0.4) is 0 Å². The summed E-state index contributed by atoms with van der Waals surface area (Å²) in [6.45, 7) is 6.08. The number of hydrogen-bond donors (Lipinski definition) is 3. The molecule has 0 saturated carbocycles. The summed E-state index contributed by atoms with van der Waals surface area (Å²) in [4.78, 5) is 17.8. The average molecular weight is 513 g/mol. The third kappa shape index (κ3) is 6.81. The number of benzene rings is 3. The van der Waals surface area contributed by atoms with Crippen LogP contribution in [0.2, 0.25) is 0 Å². The number of likely N-dealkylation sites (tertiary alicyclic amines) is 2. The summed E-state index contributed by atoms with van der Waals surface area (Å²) in [5, 5.41) is 17.3. The zero-order chi connectivity index (χ0) is 26.2. The molecule has 3 aromatic rings. The highest BCUT2D eigenvalue weighted by Gasteiger charge is 2.33. The lowest BCUT2D eigenvalue weighted by Crippen LogP contribution is -2.47. The molecule has 0 atom stereocenters. The van der Waals surface area contributed by atoms with E-state index in [1.54, 1.807) is 0 Å². The number of amides is 2. The molecular formula is C32H40N4O2. The number of carbonyl (C=O) groups excluding carboxylic acids is 1. The van der Waals surface area contributed by atoms with Gasteiger partial charge in [0.2, 0.25) is 0 Å². The average Bonchev–Trinajstić information content (AvgIpc) is 2.96. The van der Waals surface area contributed by atoms with E-state index in [0.717, 1.165) is 93.8 Å². The van der Waals surface area contributed by atoms with Gasteiger partial charge in [0.05, 0.1) is 11.3 Å². The van der Waals surface area contributed by atoms with Crippen LogP contribution in [0.4, 0.5) is 10.5 Å². The Hall–Kier alpha value is -3.19. The van der Waals surface area contributed by atoms with Gasteiger partial charge < -0.3 is 25.5 Å². The lowest BCUT2D eigenvalue weighted by molar-refractivity contribution is -0.0264. The normalized spacial score (nSPS) is 18.7. The van der Waals surface area contributed by atoms with E-state index in [9.17, 15) is 9.90 Å². The Kier molecular flexibility index (Phi) is 8.74. The van der Waals surface area contributed by atoms with Gasteiger partial charge in [0.15, 0.2) is 0 Å². The molecule has 200 valence electrons. The van der Waals surface area contributed by atoms with Gasteiger partial charge in [0, 0.05) is 37.8 Å². The van der Waals surface area contributed by atoms with E-state index >= 15 is 0 Å². The van der Waals surface area contributed by atoms with E-state index < -0.39 is 5.60 Å². The molecule has 6 nitrogen and oxygen atoms in total. The molecule has 0 spiro atoms. The third-order valence-corrected chi connectivity index (χ3v) is 8.13. The number of carbonyl (C=O) groups is 1. The molecule has 2 heterocycles. The molecule has 38 heavy (non-hydrogen) atoms. The Bertz CT molecular complexity index is 1150. The van der Waals surface area contributed by atoms with E-state index in [0.29, 0.717) is 0 Å². The first-order valence-corrected chi connectivity index (χ1v) is 14.0. The lowest BCUT2D eigenvalue weighted by Gasteiger charge is -2.39. The Morgan fingerprint density at radius 1 is 0.789 bits per heavy atom. The van der Waals surface area contributed by atoms with E-state index in [1.165, 1.54) is 0 Å². The molecule has 2 saturated heterocycles. The third-order valence-electron chi connectivity index (χ3n) is 8.13. The summed E-state index contributed by atoms with van der Waals surface area (Å²) < 4.78 is 0. The van der Waals surface area contributed by atoms with Crippen molar-refractivity contribution in [3.05, 3.63) is 90.5 Å². The SMILES string of the molecule is O=C(Nc1ccccc1-c1ccccc1)NC1CCN(CCCN2CCC(O)(c3ccccc3)CC2)CC1. The van der Waals surface area contributed by atoms with E-state index in [-0.39, 0.29) is 12.1 Å². The number of para-hydroxylation sites is 1. The Morgan fingerprint density at radius 3 is 2.05 bits per heavy atom. The molecular weight excluding hydrogens is 472 g/mol. The molecule has 0 bridgehead atoms. The molecule has 0 unspecified atom stereocenters. The van der Waals surface area contributed by atoms with Crippen molar-refractivity contribution in [3.8, 4) is 11.1 Å². The van der Waals surface area contributed by atoms with Crippen LogP contribution in [0.5, 0.6) is 0 Å². The maximum atomic E-state index is 12.8. The molecule has 2 aliphatic rings. The zero-order valence-electron chi connectivity index (χ0n) is 22.2. The van der Waals surface area contributed by atoms with Crippen molar-refractivity contribution < 1.29 is 9.90 Å². The van der Waals surface area contributed by atoms with Gasteiger partial charge in [0.25, 0.3) is 0 Å². The first-order chi connectivity index (χ1) is 18.6. The van der Waals surface area contributed by atoms with Crippen LogP contribution in [0.25, 0.3) is 11.1 Å².